The number of nitrogens with one attached hydrogen (secondary N) is 1. The molecular formula is C13H18N4O4. The van der Waals surface area contributed by atoms with Crippen LogP contribution >= 0.6 is 0 Å². The van der Waals surface area contributed by atoms with E-state index in [0.29, 0.717) is 11.3 Å². The van der Waals surface area contributed by atoms with E-state index in [-0.39, 0.29) is 12.2 Å². The monoisotopic (exact) mass is 294 g/mol. The first-order valence-electron chi connectivity index (χ1n) is 6.29. The van der Waals surface area contributed by atoms with Gasteiger partial charge in [-0.25, -0.2) is 4.79 Å². The fraction of sp³-hybridized carbons (Fsp3) is 0.385. The number of primary amides is 1. The van der Waals surface area contributed by atoms with E-state index >= 15 is 0 Å². The number of benzene rings is 1. The Morgan fingerprint density at radius 3 is 2.62 bits per heavy atom. The van der Waals surface area contributed by atoms with Crippen molar-refractivity contribution in [1.82, 2.24) is 4.90 Å². The molecule has 0 heterocycles. The Morgan fingerprint density at radius 2 is 2.10 bits per heavy atom. The van der Waals surface area contributed by atoms with Crippen LogP contribution in [0.25, 0.3) is 0 Å². The lowest BCUT2D eigenvalue weighted by Crippen LogP contribution is -2.38. The van der Waals surface area contributed by atoms with Crippen molar-refractivity contribution in [2.24, 2.45) is 11.7 Å². The van der Waals surface area contributed by atoms with Gasteiger partial charge in [0.2, 0.25) is 5.91 Å². The number of anilines is 1. The Labute approximate surface area is 122 Å². The maximum absolute atomic E-state index is 12.0. The van der Waals surface area contributed by atoms with Gasteiger partial charge in [0.1, 0.15) is 0 Å². The van der Waals surface area contributed by atoms with Crippen LogP contribution < -0.4 is 11.1 Å². The van der Waals surface area contributed by atoms with Crippen molar-refractivity contribution in [1.29, 1.82) is 0 Å². The van der Waals surface area contributed by atoms with Crippen molar-refractivity contribution in [3.63, 3.8) is 0 Å². The van der Waals surface area contributed by atoms with E-state index in [4.69, 9.17) is 5.73 Å². The molecule has 0 aliphatic carbocycles. The number of nitro groups is 1. The standard InChI is InChI=1S/C13H18N4O4/c1-8(12(14)18)7-16(3)13(19)15-10-5-4-6-11(9(10)2)17(20)21/h4-6,8H,7H2,1-3H3,(H2,14,18)(H,15,19)/t8-/m1/s1. The van der Waals surface area contributed by atoms with Gasteiger partial charge in [-0.05, 0) is 13.0 Å². The molecule has 0 fully saturated rings. The van der Waals surface area contributed by atoms with Crippen molar-refractivity contribution in [3.8, 4) is 0 Å². The van der Waals surface area contributed by atoms with Crippen LogP contribution in [0.4, 0.5) is 16.2 Å². The summed E-state index contributed by atoms with van der Waals surface area (Å²) >= 11 is 0. The minimum atomic E-state index is -0.510. The molecule has 8 nitrogen and oxygen atoms in total. The zero-order valence-electron chi connectivity index (χ0n) is 12.1. The number of carbonyl (C=O) groups excluding carboxylic acids is 2. The molecule has 0 radical (unpaired) electrons. The lowest BCUT2D eigenvalue weighted by Gasteiger charge is -2.21. The van der Waals surface area contributed by atoms with Crippen LogP contribution in [-0.2, 0) is 4.79 Å². The largest absolute Gasteiger partial charge is 0.369 e. The van der Waals surface area contributed by atoms with E-state index < -0.39 is 22.8 Å². The van der Waals surface area contributed by atoms with Crippen molar-refractivity contribution in [2.45, 2.75) is 13.8 Å². The quantitative estimate of drug-likeness (QED) is 0.631. The second kappa shape index (κ2) is 6.69. The number of nitro benzene ring substituents is 1. The Balaban J connectivity index is 2.82. The van der Waals surface area contributed by atoms with Gasteiger partial charge in [-0.15, -0.1) is 0 Å². The number of urea groups is 1. The molecule has 21 heavy (non-hydrogen) atoms. The molecule has 1 atom stereocenters. The Kier molecular flexibility index (Phi) is 5.23. The smallest absolute Gasteiger partial charge is 0.321 e. The molecule has 0 aromatic heterocycles. The molecule has 0 bridgehead atoms. The van der Waals surface area contributed by atoms with Gasteiger partial charge in [-0.1, -0.05) is 13.0 Å². The Bertz CT molecular complexity index is 573. The van der Waals surface area contributed by atoms with E-state index in [1.54, 1.807) is 19.9 Å². The first kappa shape index (κ1) is 16.4. The molecule has 0 spiro atoms. The zero-order chi connectivity index (χ0) is 16.2. The summed E-state index contributed by atoms with van der Waals surface area (Å²) in [5, 5.41) is 13.4. The molecule has 0 aliphatic rings. The van der Waals surface area contributed by atoms with Crippen molar-refractivity contribution in [2.75, 3.05) is 18.9 Å². The number of hydrogen-bond donors (Lipinski definition) is 2. The van der Waals surface area contributed by atoms with Crippen LogP contribution in [0.2, 0.25) is 0 Å². The predicted octanol–water partition coefficient (Wildman–Crippen LogP) is 1.49. The van der Waals surface area contributed by atoms with Gasteiger partial charge in [0.25, 0.3) is 5.69 Å². The Morgan fingerprint density at radius 1 is 1.48 bits per heavy atom. The highest BCUT2D eigenvalue weighted by Gasteiger charge is 2.19. The van der Waals surface area contributed by atoms with Gasteiger partial charge in [0.05, 0.1) is 22.1 Å². The van der Waals surface area contributed by atoms with Gasteiger partial charge in [0, 0.05) is 19.7 Å². The number of amides is 3. The van der Waals surface area contributed by atoms with Crippen LogP contribution in [-0.4, -0.2) is 35.4 Å². The summed E-state index contributed by atoms with van der Waals surface area (Å²) < 4.78 is 0. The van der Waals surface area contributed by atoms with E-state index in [1.807, 2.05) is 0 Å². The van der Waals surface area contributed by atoms with Gasteiger partial charge in [0.15, 0.2) is 0 Å². The maximum Gasteiger partial charge on any atom is 0.321 e. The lowest BCUT2D eigenvalue weighted by molar-refractivity contribution is -0.385. The first-order valence-corrected chi connectivity index (χ1v) is 6.29. The first-order chi connectivity index (χ1) is 9.73. The van der Waals surface area contributed by atoms with E-state index in [9.17, 15) is 19.7 Å². The highest BCUT2D eigenvalue weighted by atomic mass is 16.6. The number of nitrogens with two attached hydrogens (primary N) is 1. The van der Waals surface area contributed by atoms with Gasteiger partial charge in [-0.3, -0.25) is 14.9 Å². The van der Waals surface area contributed by atoms with Gasteiger partial charge < -0.3 is 16.0 Å². The molecule has 3 N–H and O–H groups in total. The molecule has 1 aromatic rings. The molecule has 0 saturated heterocycles. The summed E-state index contributed by atoms with van der Waals surface area (Å²) in [7, 11) is 1.52. The van der Waals surface area contributed by atoms with Crippen molar-refractivity contribution in [3.05, 3.63) is 33.9 Å². The number of rotatable bonds is 5. The summed E-state index contributed by atoms with van der Waals surface area (Å²) in [6, 6.07) is 3.97. The SMILES string of the molecule is Cc1c(NC(=O)N(C)C[C@@H](C)C(N)=O)cccc1[N+](=O)[O-]. The minimum absolute atomic E-state index is 0.0686. The number of nitrogens with zero attached hydrogens (tertiary/aromatic N) is 2. The lowest BCUT2D eigenvalue weighted by atomic mass is 10.1. The molecule has 114 valence electrons. The molecule has 0 aliphatic heterocycles. The number of hydrogen-bond acceptors (Lipinski definition) is 4. The molecule has 1 aromatic carbocycles. The molecular weight excluding hydrogens is 276 g/mol. The average molecular weight is 294 g/mol. The van der Waals surface area contributed by atoms with Crippen LogP contribution in [0.15, 0.2) is 18.2 Å². The fourth-order valence-corrected chi connectivity index (χ4v) is 1.75. The van der Waals surface area contributed by atoms with Crippen LogP contribution in [0.3, 0.4) is 0 Å². The second-order valence-electron chi connectivity index (χ2n) is 4.82. The van der Waals surface area contributed by atoms with Crippen LogP contribution in [0.5, 0.6) is 0 Å². The van der Waals surface area contributed by atoms with Gasteiger partial charge in [-0.2, -0.15) is 0 Å². The summed E-state index contributed by atoms with van der Waals surface area (Å²) in [5.74, 6) is -0.979. The fourth-order valence-electron chi connectivity index (χ4n) is 1.75. The normalized spacial score (nSPS) is 11.6. The topological polar surface area (TPSA) is 119 Å². The van der Waals surface area contributed by atoms with E-state index in [1.165, 1.54) is 24.1 Å². The van der Waals surface area contributed by atoms with Crippen LogP contribution in [0.1, 0.15) is 12.5 Å². The third-order valence-corrected chi connectivity index (χ3v) is 3.12. The minimum Gasteiger partial charge on any atom is -0.369 e. The van der Waals surface area contributed by atoms with E-state index in [2.05, 4.69) is 5.32 Å². The van der Waals surface area contributed by atoms with Gasteiger partial charge >= 0.3 is 6.03 Å². The highest BCUT2D eigenvalue weighted by Crippen LogP contribution is 2.25. The molecule has 0 unspecified atom stereocenters. The van der Waals surface area contributed by atoms with E-state index in [0.717, 1.165) is 0 Å². The predicted molar refractivity (Wildman–Crippen MR) is 77.8 cm³/mol. The molecule has 8 heteroatoms. The zero-order valence-corrected chi connectivity index (χ0v) is 12.1. The average Bonchev–Trinajstić information content (AvgIpc) is 2.40. The molecule has 0 saturated carbocycles. The maximum atomic E-state index is 12.0. The summed E-state index contributed by atoms with van der Waals surface area (Å²) in [6.45, 7) is 3.33. The van der Waals surface area contributed by atoms with Crippen molar-refractivity contribution >= 4 is 23.3 Å². The Hall–Kier alpha value is -2.64. The van der Waals surface area contributed by atoms with Crippen molar-refractivity contribution < 1.29 is 14.5 Å². The third kappa shape index (κ3) is 4.16. The summed E-state index contributed by atoms with van der Waals surface area (Å²) in [4.78, 5) is 34.6. The molecule has 1 rings (SSSR count). The van der Waals surface area contributed by atoms with Crippen LogP contribution in [0, 0.1) is 23.0 Å². The number of carbonyl (C=O) groups is 2. The summed E-state index contributed by atoms with van der Waals surface area (Å²) in [6.07, 6.45) is 0. The summed E-state index contributed by atoms with van der Waals surface area (Å²) in [5.41, 5.74) is 5.80. The second-order valence-corrected chi connectivity index (χ2v) is 4.82. The highest BCUT2D eigenvalue weighted by molar-refractivity contribution is 5.91. The molecule has 3 amide bonds. The third-order valence-electron chi connectivity index (χ3n) is 3.12.